The molecule has 2 amide bonds. The largest absolute Gasteiger partial charge is 0.490 e. The maximum Gasteiger partial charge on any atom is 0.271 e. The van der Waals surface area contributed by atoms with Crippen molar-refractivity contribution in [2.75, 3.05) is 13.2 Å². The molecule has 1 aromatic carbocycles. The maximum absolute atomic E-state index is 12.2. The van der Waals surface area contributed by atoms with Crippen molar-refractivity contribution in [3.05, 3.63) is 22.3 Å². The molecule has 0 spiro atoms. The first-order chi connectivity index (χ1) is 14.0. The number of nitrogens with two attached hydrogens (primary N) is 1. The molecule has 0 saturated heterocycles. The van der Waals surface area contributed by atoms with Crippen molar-refractivity contribution < 1.29 is 19.1 Å². The van der Waals surface area contributed by atoms with Crippen molar-refractivity contribution in [3.63, 3.8) is 0 Å². The van der Waals surface area contributed by atoms with Crippen molar-refractivity contribution in [1.82, 2.24) is 20.7 Å². The normalized spacial score (nSPS) is 14.4. The SMILES string of the molecule is CCOc1cc(-c2n[nH]nc2C(N)=O)c(Br)cc1OCC(=O)NC1CCCCC1. The third kappa shape index (κ3) is 5.26. The van der Waals surface area contributed by atoms with Gasteiger partial charge in [0.25, 0.3) is 11.8 Å². The van der Waals surface area contributed by atoms with E-state index in [0.717, 1.165) is 25.7 Å². The van der Waals surface area contributed by atoms with Crippen LogP contribution in [0, 0.1) is 0 Å². The average Bonchev–Trinajstić information content (AvgIpc) is 3.19. The fraction of sp³-hybridized carbons (Fsp3) is 0.474. The van der Waals surface area contributed by atoms with E-state index in [9.17, 15) is 9.59 Å². The van der Waals surface area contributed by atoms with Crippen LogP contribution in [-0.2, 0) is 4.79 Å². The van der Waals surface area contributed by atoms with E-state index in [1.165, 1.54) is 6.42 Å². The lowest BCUT2D eigenvalue weighted by Gasteiger charge is -2.23. The number of amides is 2. The van der Waals surface area contributed by atoms with Crippen molar-refractivity contribution in [3.8, 4) is 22.8 Å². The smallest absolute Gasteiger partial charge is 0.271 e. The van der Waals surface area contributed by atoms with Crippen LogP contribution in [0.2, 0.25) is 0 Å². The second-order valence-corrected chi connectivity index (χ2v) is 7.64. The Balaban J connectivity index is 1.76. The average molecular weight is 466 g/mol. The molecule has 2 aromatic rings. The summed E-state index contributed by atoms with van der Waals surface area (Å²) in [7, 11) is 0. The highest BCUT2D eigenvalue weighted by Gasteiger charge is 2.21. The topological polar surface area (TPSA) is 132 Å². The van der Waals surface area contributed by atoms with Crippen LogP contribution in [0.3, 0.4) is 0 Å². The third-order valence-corrected chi connectivity index (χ3v) is 5.35. The van der Waals surface area contributed by atoms with Gasteiger partial charge in [-0.3, -0.25) is 9.59 Å². The highest BCUT2D eigenvalue weighted by Crippen LogP contribution is 2.39. The third-order valence-electron chi connectivity index (χ3n) is 4.70. The van der Waals surface area contributed by atoms with Crippen molar-refractivity contribution in [1.29, 1.82) is 0 Å². The number of benzene rings is 1. The number of hydrogen-bond donors (Lipinski definition) is 3. The number of H-pyrrole nitrogens is 1. The van der Waals surface area contributed by atoms with Gasteiger partial charge in [0, 0.05) is 16.1 Å². The van der Waals surface area contributed by atoms with Gasteiger partial charge in [-0.25, -0.2) is 0 Å². The Kier molecular flexibility index (Phi) is 7.08. The van der Waals surface area contributed by atoms with E-state index in [0.29, 0.717) is 33.8 Å². The number of rotatable bonds is 8. The summed E-state index contributed by atoms with van der Waals surface area (Å²) in [6, 6.07) is 3.57. The highest BCUT2D eigenvalue weighted by molar-refractivity contribution is 9.10. The summed E-state index contributed by atoms with van der Waals surface area (Å²) in [5.41, 5.74) is 6.24. The number of carbonyl (C=O) groups excluding carboxylic acids is 2. The minimum atomic E-state index is -0.696. The van der Waals surface area contributed by atoms with E-state index in [4.69, 9.17) is 15.2 Å². The summed E-state index contributed by atoms with van der Waals surface area (Å²) < 4.78 is 12.0. The predicted molar refractivity (Wildman–Crippen MR) is 110 cm³/mol. The van der Waals surface area contributed by atoms with Crippen LogP contribution >= 0.6 is 15.9 Å². The van der Waals surface area contributed by atoms with Crippen LogP contribution in [0.1, 0.15) is 49.5 Å². The molecule has 4 N–H and O–H groups in total. The lowest BCUT2D eigenvalue weighted by Crippen LogP contribution is -2.39. The Labute approximate surface area is 176 Å². The summed E-state index contributed by atoms with van der Waals surface area (Å²) in [6.45, 7) is 2.12. The predicted octanol–water partition coefficient (Wildman–Crippen LogP) is 2.56. The Morgan fingerprint density at radius 2 is 1.93 bits per heavy atom. The van der Waals surface area contributed by atoms with Crippen molar-refractivity contribution in [2.24, 2.45) is 5.73 Å². The Morgan fingerprint density at radius 3 is 2.62 bits per heavy atom. The molecule has 29 heavy (non-hydrogen) atoms. The van der Waals surface area contributed by atoms with Gasteiger partial charge in [0.15, 0.2) is 23.8 Å². The Morgan fingerprint density at radius 1 is 1.21 bits per heavy atom. The fourth-order valence-electron chi connectivity index (χ4n) is 3.35. The molecule has 0 aliphatic heterocycles. The first kappa shape index (κ1) is 21.1. The molecular weight excluding hydrogens is 442 g/mol. The molecule has 1 aromatic heterocycles. The molecule has 1 saturated carbocycles. The number of aromatic amines is 1. The Hall–Kier alpha value is -2.62. The van der Waals surface area contributed by atoms with Gasteiger partial charge < -0.3 is 20.5 Å². The van der Waals surface area contributed by atoms with Crippen molar-refractivity contribution >= 4 is 27.7 Å². The molecule has 0 bridgehead atoms. The number of ether oxygens (including phenoxy) is 2. The van der Waals surface area contributed by atoms with Crippen LogP contribution in [0.25, 0.3) is 11.3 Å². The second-order valence-electron chi connectivity index (χ2n) is 6.79. The molecule has 156 valence electrons. The number of halogens is 1. The number of nitrogens with one attached hydrogen (secondary N) is 2. The highest BCUT2D eigenvalue weighted by atomic mass is 79.9. The van der Waals surface area contributed by atoms with Crippen LogP contribution in [0.4, 0.5) is 0 Å². The van der Waals surface area contributed by atoms with E-state index in [2.05, 4.69) is 36.7 Å². The number of hydrogen-bond acceptors (Lipinski definition) is 6. The van der Waals surface area contributed by atoms with Crippen LogP contribution in [-0.4, -0.2) is 46.5 Å². The van der Waals surface area contributed by atoms with Gasteiger partial charge in [0.1, 0.15) is 5.69 Å². The molecule has 0 atom stereocenters. The van der Waals surface area contributed by atoms with Gasteiger partial charge in [0.2, 0.25) is 0 Å². The molecular formula is C19H24BrN5O4. The van der Waals surface area contributed by atoms with Crippen molar-refractivity contribution in [2.45, 2.75) is 45.1 Å². The minimum absolute atomic E-state index is 0.0219. The summed E-state index contributed by atoms with van der Waals surface area (Å²) in [6.07, 6.45) is 5.53. The molecule has 1 heterocycles. The monoisotopic (exact) mass is 465 g/mol. The fourth-order valence-corrected chi connectivity index (χ4v) is 3.86. The van der Waals surface area contributed by atoms with E-state index < -0.39 is 5.91 Å². The van der Waals surface area contributed by atoms with E-state index >= 15 is 0 Å². The first-order valence-corrected chi connectivity index (χ1v) is 10.4. The molecule has 0 radical (unpaired) electrons. The number of aromatic nitrogens is 3. The van der Waals surface area contributed by atoms with Gasteiger partial charge in [-0.2, -0.15) is 15.4 Å². The summed E-state index contributed by atoms with van der Waals surface area (Å²) in [5.74, 6) is -0.0228. The van der Waals surface area contributed by atoms with Crippen LogP contribution in [0.5, 0.6) is 11.5 Å². The number of carbonyl (C=O) groups is 2. The lowest BCUT2D eigenvalue weighted by atomic mass is 9.95. The van der Waals surface area contributed by atoms with E-state index in [1.54, 1.807) is 12.1 Å². The molecule has 9 nitrogen and oxygen atoms in total. The molecule has 10 heteroatoms. The Bertz CT molecular complexity index is 879. The van der Waals surface area contributed by atoms with Gasteiger partial charge >= 0.3 is 0 Å². The zero-order chi connectivity index (χ0) is 20.8. The molecule has 1 aliphatic carbocycles. The number of primary amides is 1. The quantitative estimate of drug-likeness (QED) is 0.548. The zero-order valence-corrected chi connectivity index (χ0v) is 17.8. The minimum Gasteiger partial charge on any atom is -0.490 e. The summed E-state index contributed by atoms with van der Waals surface area (Å²) >= 11 is 3.45. The van der Waals surface area contributed by atoms with Gasteiger partial charge in [-0.05, 0) is 47.8 Å². The molecule has 1 aliphatic rings. The molecule has 3 rings (SSSR count). The molecule has 1 fully saturated rings. The number of nitrogens with zero attached hydrogens (tertiary/aromatic N) is 2. The second kappa shape index (κ2) is 9.73. The molecule has 0 unspecified atom stereocenters. The van der Waals surface area contributed by atoms with Crippen LogP contribution < -0.4 is 20.5 Å². The van der Waals surface area contributed by atoms with Crippen LogP contribution in [0.15, 0.2) is 16.6 Å². The standard InChI is InChI=1S/C19H24BrN5O4/c1-2-28-14-8-12(17-18(19(21)27)24-25-23-17)13(20)9-15(14)29-10-16(26)22-11-6-4-3-5-7-11/h8-9,11H,2-7,10H2,1H3,(H2,21,27)(H,22,26)(H,23,24,25). The van der Waals surface area contributed by atoms with Gasteiger partial charge in [-0.15, -0.1) is 0 Å². The first-order valence-electron chi connectivity index (χ1n) is 9.59. The summed E-state index contributed by atoms with van der Waals surface area (Å²) in [4.78, 5) is 23.8. The maximum atomic E-state index is 12.2. The van der Waals surface area contributed by atoms with E-state index in [1.807, 2.05) is 6.92 Å². The lowest BCUT2D eigenvalue weighted by molar-refractivity contribution is -0.124. The summed E-state index contributed by atoms with van der Waals surface area (Å²) in [5, 5.41) is 13.2. The van der Waals surface area contributed by atoms with Gasteiger partial charge in [0.05, 0.1) is 6.61 Å². The van der Waals surface area contributed by atoms with Gasteiger partial charge in [-0.1, -0.05) is 19.3 Å². The zero-order valence-electron chi connectivity index (χ0n) is 16.2. The van der Waals surface area contributed by atoms with E-state index in [-0.39, 0.29) is 24.2 Å².